The summed E-state index contributed by atoms with van der Waals surface area (Å²) in [5, 5.41) is 8.15. The molecule has 1 aliphatic rings. The van der Waals surface area contributed by atoms with Gasteiger partial charge in [-0.2, -0.15) is 13.2 Å². The molecule has 1 fully saturated rings. The van der Waals surface area contributed by atoms with E-state index >= 15 is 0 Å². The third-order valence-electron chi connectivity index (χ3n) is 6.44. The van der Waals surface area contributed by atoms with Crippen molar-refractivity contribution in [2.45, 2.75) is 31.4 Å². The predicted molar refractivity (Wildman–Crippen MR) is 129 cm³/mol. The molecule has 1 aromatic heterocycles. The topological polar surface area (TPSA) is 59.2 Å². The second-order valence-electron chi connectivity index (χ2n) is 8.94. The minimum Gasteiger partial charge on any atom is -0.420 e. The van der Waals surface area contributed by atoms with Crippen LogP contribution in [0, 0.1) is 0 Å². The smallest absolute Gasteiger partial charge is 0.416 e. The van der Waals surface area contributed by atoms with Crippen LogP contribution in [-0.2, 0) is 17.4 Å². The molecule has 0 radical (unpaired) electrons. The fourth-order valence-electron chi connectivity index (χ4n) is 4.46. The Bertz CT molecular complexity index is 1320. The van der Waals surface area contributed by atoms with Gasteiger partial charge in [-0.25, -0.2) is 0 Å². The quantitative estimate of drug-likeness (QED) is 0.325. The molecule has 5 rings (SSSR count). The van der Waals surface area contributed by atoms with Gasteiger partial charge in [0.25, 0.3) is 0 Å². The predicted octanol–water partition coefficient (Wildman–Crippen LogP) is 6.37. The van der Waals surface area contributed by atoms with Crippen molar-refractivity contribution < 1.29 is 22.4 Å². The van der Waals surface area contributed by atoms with Gasteiger partial charge < -0.3 is 9.32 Å². The van der Waals surface area contributed by atoms with E-state index in [4.69, 9.17) is 4.42 Å². The molecular formula is C28H24F3N3O2. The van der Waals surface area contributed by atoms with Gasteiger partial charge in [0.05, 0.1) is 17.9 Å². The highest BCUT2D eigenvalue weighted by atomic mass is 19.4. The summed E-state index contributed by atoms with van der Waals surface area (Å²) in [6, 6.07) is 22.7. The maximum Gasteiger partial charge on any atom is 0.416 e. The second-order valence-corrected chi connectivity index (χ2v) is 8.94. The van der Waals surface area contributed by atoms with Crippen molar-refractivity contribution in [2.75, 3.05) is 13.1 Å². The van der Waals surface area contributed by atoms with Crippen molar-refractivity contribution in [1.82, 2.24) is 15.1 Å². The minimum atomic E-state index is -4.40. The van der Waals surface area contributed by atoms with Crippen molar-refractivity contribution in [3.8, 4) is 22.6 Å². The monoisotopic (exact) mass is 491 g/mol. The number of likely N-dealkylation sites (tertiary alicyclic amines) is 1. The molecule has 1 atom stereocenters. The average Bonchev–Trinajstić information content (AvgIpc) is 3.40. The van der Waals surface area contributed by atoms with Gasteiger partial charge >= 0.3 is 6.18 Å². The number of rotatable bonds is 5. The normalized spacial score (nSPS) is 16.2. The molecule has 5 nitrogen and oxygen atoms in total. The maximum absolute atomic E-state index is 13.0. The number of hydrogen-bond acceptors (Lipinski definition) is 4. The van der Waals surface area contributed by atoms with E-state index in [1.165, 1.54) is 12.1 Å². The molecule has 0 aliphatic carbocycles. The van der Waals surface area contributed by atoms with Crippen molar-refractivity contribution in [3.05, 3.63) is 95.9 Å². The molecule has 2 heterocycles. The van der Waals surface area contributed by atoms with Gasteiger partial charge in [-0.15, -0.1) is 10.2 Å². The summed E-state index contributed by atoms with van der Waals surface area (Å²) in [4.78, 5) is 14.8. The molecule has 1 aliphatic heterocycles. The molecule has 36 heavy (non-hydrogen) atoms. The standard InChI is InChI=1S/C28H24F3N3O2/c29-28(30,31)24-14-12-22(13-15-24)26-32-33-27(36-26)23-7-4-16-34(18-23)25(35)17-19-8-10-21(11-9-19)20-5-2-1-3-6-20/h1-3,5-6,8-15,23H,4,7,16-18H2. The zero-order chi connectivity index (χ0) is 25.1. The van der Waals surface area contributed by atoms with Gasteiger partial charge in [0, 0.05) is 18.7 Å². The third-order valence-corrected chi connectivity index (χ3v) is 6.44. The number of carbonyl (C=O) groups excluding carboxylic acids is 1. The number of carbonyl (C=O) groups is 1. The van der Waals surface area contributed by atoms with E-state index in [0.717, 1.165) is 41.7 Å². The van der Waals surface area contributed by atoms with Crippen LogP contribution in [0.5, 0.6) is 0 Å². The number of benzene rings is 3. The summed E-state index contributed by atoms with van der Waals surface area (Å²) in [6.45, 7) is 1.13. The molecule has 8 heteroatoms. The summed E-state index contributed by atoms with van der Waals surface area (Å²) in [7, 11) is 0. The number of halogens is 3. The lowest BCUT2D eigenvalue weighted by molar-refractivity contribution is -0.137. The van der Waals surface area contributed by atoms with Crippen LogP contribution in [0.4, 0.5) is 13.2 Å². The van der Waals surface area contributed by atoms with E-state index in [1.807, 2.05) is 47.4 Å². The first-order valence-corrected chi connectivity index (χ1v) is 11.8. The first-order valence-electron chi connectivity index (χ1n) is 11.8. The van der Waals surface area contributed by atoms with E-state index in [2.05, 4.69) is 22.3 Å². The zero-order valence-electron chi connectivity index (χ0n) is 19.4. The molecule has 3 aromatic carbocycles. The van der Waals surface area contributed by atoms with E-state index in [1.54, 1.807) is 0 Å². The second kappa shape index (κ2) is 9.97. The molecule has 1 unspecified atom stereocenters. The van der Waals surface area contributed by atoms with Gasteiger partial charge in [0.2, 0.25) is 17.7 Å². The van der Waals surface area contributed by atoms with Crippen LogP contribution in [0.3, 0.4) is 0 Å². The Morgan fingerprint density at radius 3 is 2.25 bits per heavy atom. The van der Waals surface area contributed by atoms with Crippen LogP contribution in [0.1, 0.15) is 35.8 Å². The number of amides is 1. The molecule has 0 spiro atoms. The fraction of sp³-hybridized carbons (Fsp3) is 0.250. The number of nitrogens with zero attached hydrogens (tertiary/aromatic N) is 3. The Morgan fingerprint density at radius 1 is 0.889 bits per heavy atom. The Kier molecular flexibility index (Phi) is 6.59. The summed E-state index contributed by atoms with van der Waals surface area (Å²) in [5.74, 6) is 0.490. The van der Waals surface area contributed by atoms with Crippen LogP contribution in [-0.4, -0.2) is 34.1 Å². The van der Waals surface area contributed by atoms with E-state index < -0.39 is 11.7 Å². The van der Waals surface area contributed by atoms with E-state index in [9.17, 15) is 18.0 Å². The molecule has 0 bridgehead atoms. The lowest BCUT2D eigenvalue weighted by atomic mass is 9.97. The van der Waals surface area contributed by atoms with Crippen molar-refractivity contribution in [2.24, 2.45) is 0 Å². The molecule has 0 N–H and O–H groups in total. The fourth-order valence-corrected chi connectivity index (χ4v) is 4.46. The number of piperidine rings is 1. The Labute approximate surface area is 206 Å². The average molecular weight is 492 g/mol. The molecule has 184 valence electrons. The summed E-state index contributed by atoms with van der Waals surface area (Å²) < 4.78 is 44.2. The molecule has 1 saturated heterocycles. The lowest BCUT2D eigenvalue weighted by Crippen LogP contribution is -2.40. The van der Waals surface area contributed by atoms with Crippen LogP contribution in [0.25, 0.3) is 22.6 Å². The third kappa shape index (κ3) is 5.32. The summed E-state index contributed by atoms with van der Waals surface area (Å²) in [6.07, 6.45) is -2.49. The SMILES string of the molecule is O=C(Cc1ccc(-c2ccccc2)cc1)N1CCCC(c2nnc(-c3ccc(C(F)(F)F)cc3)o2)C1. The van der Waals surface area contributed by atoms with Gasteiger partial charge in [-0.1, -0.05) is 54.6 Å². The van der Waals surface area contributed by atoms with Crippen molar-refractivity contribution >= 4 is 5.91 Å². The molecule has 1 amide bonds. The van der Waals surface area contributed by atoms with Gasteiger partial charge in [0.1, 0.15) is 0 Å². The van der Waals surface area contributed by atoms with Crippen LogP contribution < -0.4 is 0 Å². The Morgan fingerprint density at radius 2 is 1.56 bits per heavy atom. The van der Waals surface area contributed by atoms with Crippen LogP contribution in [0.15, 0.2) is 83.3 Å². The van der Waals surface area contributed by atoms with Gasteiger partial charge in [-0.05, 0) is 53.8 Å². The first kappa shape index (κ1) is 23.8. The summed E-state index contributed by atoms with van der Waals surface area (Å²) in [5.41, 5.74) is 2.87. The van der Waals surface area contributed by atoms with Crippen molar-refractivity contribution in [3.63, 3.8) is 0 Å². The minimum absolute atomic E-state index is 0.0367. The van der Waals surface area contributed by atoms with Crippen LogP contribution in [0.2, 0.25) is 0 Å². The Hall–Kier alpha value is -3.94. The first-order chi connectivity index (χ1) is 17.4. The van der Waals surface area contributed by atoms with Crippen LogP contribution >= 0.6 is 0 Å². The van der Waals surface area contributed by atoms with Gasteiger partial charge in [-0.3, -0.25) is 4.79 Å². The van der Waals surface area contributed by atoms with Gasteiger partial charge in [0.15, 0.2) is 0 Å². The lowest BCUT2D eigenvalue weighted by Gasteiger charge is -2.31. The molecule has 0 saturated carbocycles. The number of alkyl halides is 3. The number of hydrogen-bond donors (Lipinski definition) is 0. The molecule has 4 aromatic rings. The highest BCUT2D eigenvalue weighted by molar-refractivity contribution is 5.79. The Balaban J connectivity index is 1.22. The summed E-state index contributed by atoms with van der Waals surface area (Å²) >= 11 is 0. The zero-order valence-corrected chi connectivity index (χ0v) is 19.4. The maximum atomic E-state index is 13.0. The highest BCUT2D eigenvalue weighted by Crippen LogP contribution is 2.32. The highest BCUT2D eigenvalue weighted by Gasteiger charge is 2.31. The largest absolute Gasteiger partial charge is 0.420 e. The van der Waals surface area contributed by atoms with E-state index in [0.29, 0.717) is 31.0 Å². The van der Waals surface area contributed by atoms with E-state index in [-0.39, 0.29) is 17.7 Å². The van der Waals surface area contributed by atoms with Crippen molar-refractivity contribution in [1.29, 1.82) is 0 Å². The number of aromatic nitrogens is 2. The molecular weight excluding hydrogens is 467 g/mol.